The van der Waals surface area contributed by atoms with Gasteiger partial charge in [0.15, 0.2) is 0 Å². The molecule has 0 radical (unpaired) electrons. The van der Waals surface area contributed by atoms with Crippen molar-refractivity contribution in [2.24, 2.45) is 0 Å². The summed E-state index contributed by atoms with van der Waals surface area (Å²) >= 11 is 0. The molecule has 1 fully saturated rings. The smallest absolute Gasteiger partial charge is 0.336 e. The number of nitrogens with zero attached hydrogens (tertiary/aromatic N) is 2. The van der Waals surface area contributed by atoms with Crippen LogP contribution in [0.25, 0.3) is 11.0 Å². The quantitative estimate of drug-likeness (QED) is 0.444. The highest BCUT2D eigenvalue weighted by molar-refractivity contribution is 5.94. The minimum Gasteiger partial charge on any atom is -0.492 e. The molecule has 2 heterocycles. The lowest BCUT2D eigenvalue weighted by Crippen LogP contribution is -2.60. The Kier molecular flexibility index (Phi) is 7.65. The summed E-state index contributed by atoms with van der Waals surface area (Å²) in [5.41, 5.74) is 0.708. The second-order valence-corrected chi connectivity index (χ2v) is 8.72. The van der Waals surface area contributed by atoms with Crippen molar-refractivity contribution in [3.63, 3.8) is 0 Å². The fourth-order valence-electron chi connectivity index (χ4n) is 4.73. The van der Waals surface area contributed by atoms with Crippen LogP contribution in [0.5, 0.6) is 5.75 Å². The Morgan fingerprint density at radius 3 is 2.53 bits per heavy atom. The third kappa shape index (κ3) is 5.32. The van der Waals surface area contributed by atoms with Crippen molar-refractivity contribution in [2.75, 3.05) is 44.9 Å². The number of anilines is 1. The summed E-state index contributed by atoms with van der Waals surface area (Å²) in [4.78, 5) is 28.8. The second kappa shape index (κ2) is 10.8. The average Bonchev–Trinajstić information content (AvgIpc) is 2.86. The molecule has 1 aliphatic rings. The van der Waals surface area contributed by atoms with Crippen molar-refractivity contribution in [3.8, 4) is 5.75 Å². The van der Waals surface area contributed by atoms with Crippen LogP contribution >= 0.6 is 0 Å². The number of hydrogen-bond acceptors (Lipinski definition) is 6. The summed E-state index contributed by atoms with van der Waals surface area (Å²) in [5.74, 6) is 0.791. The van der Waals surface area contributed by atoms with E-state index in [2.05, 4.69) is 4.90 Å². The number of carbonyl (C=O) groups is 1. The molecule has 1 saturated heterocycles. The third-order valence-electron chi connectivity index (χ3n) is 6.51. The van der Waals surface area contributed by atoms with Gasteiger partial charge in [-0.1, -0.05) is 25.1 Å². The Bertz CT molecular complexity index is 1150. The first-order valence-electron chi connectivity index (χ1n) is 11.8. The fourth-order valence-corrected chi connectivity index (χ4v) is 4.73. The molecule has 7 heteroatoms. The van der Waals surface area contributed by atoms with Crippen molar-refractivity contribution >= 4 is 22.6 Å². The molecule has 1 amide bonds. The maximum Gasteiger partial charge on any atom is 0.336 e. The maximum atomic E-state index is 13.0. The van der Waals surface area contributed by atoms with Gasteiger partial charge in [0.2, 0.25) is 5.91 Å². The molecule has 4 rings (SSSR count). The van der Waals surface area contributed by atoms with E-state index in [0.29, 0.717) is 31.0 Å². The summed E-state index contributed by atoms with van der Waals surface area (Å²) in [6.07, 6.45) is 2.09. The number of hydrogen-bond donors (Lipinski definition) is 0. The second-order valence-electron chi connectivity index (χ2n) is 8.72. The topological polar surface area (TPSA) is 72.2 Å². The Morgan fingerprint density at radius 1 is 1.09 bits per heavy atom. The summed E-state index contributed by atoms with van der Waals surface area (Å²) in [7, 11) is 1.70. The van der Waals surface area contributed by atoms with Crippen LogP contribution in [0.4, 0.5) is 5.69 Å². The lowest BCUT2D eigenvalue weighted by Gasteiger charge is -2.48. The zero-order valence-corrected chi connectivity index (χ0v) is 19.9. The van der Waals surface area contributed by atoms with Crippen LogP contribution in [0.15, 0.2) is 69.9 Å². The largest absolute Gasteiger partial charge is 0.492 e. The third-order valence-corrected chi connectivity index (χ3v) is 6.51. The van der Waals surface area contributed by atoms with Gasteiger partial charge < -0.3 is 18.8 Å². The highest BCUT2D eigenvalue weighted by Gasteiger charge is 2.42. The van der Waals surface area contributed by atoms with Gasteiger partial charge in [0.1, 0.15) is 17.9 Å². The van der Waals surface area contributed by atoms with Crippen LogP contribution in [0.1, 0.15) is 26.2 Å². The van der Waals surface area contributed by atoms with Gasteiger partial charge in [-0.3, -0.25) is 9.69 Å². The standard InChI is InChI=1S/C27H32N2O5/c1-3-25(30)29(22-7-5-4-6-8-22)27(20-32-2)13-15-28(16-14-27)17-18-33-23-11-9-21-10-12-26(31)34-24(21)19-23/h4-12,19H,3,13-18,20H2,1-2H3. The minimum atomic E-state index is -0.372. The number of ether oxygens (including phenoxy) is 2. The summed E-state index contributed by atoms with van der Waals surface area (Å²) in [5, 5.41) is 0.863. The number of benzene rings is 2. The van der Waals surface area contributed by atoms with Gasteiger partial charge in [-0.15, -0.1) is 0 Å². The predicted octanol–water partition coefficient (Wildman–Crippen LogP) is 4.10. The predicted molar refractivity (Wildman–Crippen MR) is 132 cm³/mol. The van der Waals surface area contributed by atoms with E-state index in [9.17, 15) is 9.59 Å². The molecule has 0 bridgehead atoms. The molecule has 0 unspecified atom stereocenters. The first-order valence-corrected chi connectivity index (χ1v) is 11.8. The van der Waals surface area contributed by atoms with Gasteiger partial charge >= 0.3 is 5.63 Å². The lowest BCUT2D eigenvalue weighted by molar-refractivity contribution is -0.120. The molecule has 0 N–H and O–H groups in total. The molecule has 180 valence electrons. The monoisotopic (exact) mass is 464 g/mol. The summed E-state index contributed by atoms with van der Waals surface area (Å²) in [6.45, 7) is 5.39. The van der Waals surface area contributed by atoms with E-state index in [4.69, 9.17) is 13.9 Å². The van der Waals surface area contributed by atoms with Gasteiger partial charge in [-0.25, -0.2) is 4.79 Å². The van der Waals surface area contributed by atoms with Gasteiger partial charge in [-0.2, -0.15) is 0 Å². The molecule has 7 nitrogen and oxygen atoms in total. The number of amides is 1. The number of para-hydroxylation sites is 1. The van der Waals surface area contributed by atoms with E-state index in [-0.39, 0.29) is 17.1 Å². The highest BCUT2D eigenvalue weighted by atomic mass is 16.5. The van der Waals surface area contributed by atoms with Crippen LogP contribution in [0, 0.1) is 0 Å². The molecule has 0 aliphatic carbocycles. The van der Waals surface area contributed by atoms with E-state index in [0.717, 1.165) is 43.5 Å². The molecular weight excluding hydrogens is 432 g/mol. The Balaban J connectivity index is 1.39. The number of rotatable bonds is 9. The first-order chi connectivity index (χ1) is 16.5. The molecule has 34 heavy (non-hydrogen) atoms. The van der Waals surface area contributed by atoms with Crippen molar-refractivity contribution in [2.45, 2.75) is 31.7 Å². The Hall–Kier alpha value is -3.16. The minimum absolute atomic E-state index is 0.114. The van der Waals surface area contributed by atoms with Crippen molar-refractivity contribution < 1.29 is 18.7 Å². The van der Waals surface area contributed by atoms with Gasteiger partial charge in [0, 0.05) is 56.4 Å². The molecule has 0 saturated carbocycles. The Morgan fingerprint density at radius 2 is 1.82 bits per heavy atom. The van der Waals surface area contributed by atoms with E-state index in [1.807, 2.05) is 54.3 Å². The zero-order valence-electron chi connectivity index (χ0n) is 19.9. The number of likely N-dealkylation sites (tertiary alicyclic amines) is 1. The molecule has 1 aliphatic heterocycles. The van der Waals surface area contributed by atoms with Crippen LogP contribution in [-0.2, 0) is 9.53 Å². The first kappa shape index (κ1) is 24.0. The van der Waals surface area contributed by atoms with Crippen LogP contribution in [0.2, 0.25) is 0 Å². The van der Waals surface area contributed by atoms with E-state index < -0.39 is 0 Å². The normalized spacial score (nSPS) is 15.8. The van der Waals surface area contributed by atoms with Crippen molar-refractivity contribution in [1.82, 2.24) is 4.90 Å². The van der Waals surface area contributed by atoms with Gasteiger partial charge in [0.05, 0.1) is 12.1 Å². The van der Waals surface area contributed by atoms with Crippen LogP contribution in [0.3, 0.4) is 0 Å². The number of fused-ring (bicyclic) bond motifs is 1. The highest BCUT2D eigenvalue weighted by Crippen LogP contribution is 2.34. The molecule has 1 aromatic heterocycles. The number of carbonyl (C=O) groups excluding carboxylic acids is 1. The molecule has 3 aromatic rings. The molecule has 0 atom stereocenters. The average molecular weight is 465 g/mol. The fraction of sp³-hybridized carbons (Fsp3) is 0.407. The number of methoxy groups -OCH3 is 1. The van der Waals surface area contributed by atoms with E-state index in [1.54, 1.807) is 19.2 Å². The number of piperidine rings is 1. The SMILES string of the molecule is CCC(=O)N(c1ccccc1)C1(COC)CCN(CCOc2ccc3ccc(=O)oc3c2)CC1. The summed E-state index contributed by atoms with van der Waals surface area (Å²) < 4.78 is 16.8. The summed E-state index contributed by atoms with van der Waals surface area (Å²) in [6, 6.07) is 18.6. The van der Waals surface area contributed by atoms with Crippen molar-refractivity contribution in [3.05, 3.63) is 71.1 Å². The van der Waals surface area contributed by atoms with E-state index in [1.165, 1.54) is 6.07 Å². The zero-order chi connectivity index (χ0) is 24.0. The lowest BCUT2D eigenvalue weighted by atomic mass is 9.85. The Labute approximate surface area is 199 Å². The van der Waals surface area contributed by atoms with E-state index >= 15 is 0 Å². The van der Waals surface area contributed by atoms with Crippen LogP contribution < -0.4 is 15.3 Å². The van der Waals surface area contributed by atoms with Gasteiger partial charge in [0.25, 0.3) is 0 Å². The van der Waals surface area contributed by atoms with Crippen LogP contribution in [-0.4, -0.2) is 56.3 Å². The molecular formula is C27H32N2O5. The van der Waals surface area contributed by atoms with Crippen molar-refractivity contribution in [1.29, 1.82) is 0 Å². The van der Waals surface area contributed by atoms with Gasteiger partial charge in [-0.05, 0) is 43.2 Å². The maximum absolute atomic E-state index is 13.0. The molecule has 0 spiro atoms. The molecule has 2 aromatic carbocycles.